The molecule has 0 fully saturated rings. The Hall–Kier alpha value is -1.43. The lowest BCUT2D eigenvalue weighted by atomic mass is 9.77. The molecule has 0 rings (SSSR count). The standard InChI is InChI=1S/C14H24O6/c1-6-19-13(17)14(11(4)15,7-10(2)3)8-18-9-20-12(5)16/h10H,6-9H2,1-5H3. The third-order valence-corrected chi connectivity index (χ3v) is 2.79. The van der Waals surface area contributed by atoms with Crippen LogP contribution in [0.2, 0.25) is 0 Å². The summed E-state index contributed by atoms with van der Waals surface area (Å²) in [5.74, 6) is -1.28. The summed E-state index contributed by atoms with van der Waals surface area (Å²) in [4.78, 5) is 34.8. The van der Waals surface area contributed by atoms with Crippen molar-refractivity contribution in [3.8, 4) is 0 Å². The Bertz CT molecular complexity index is 350. The van der Waals surface area contributed by atoms with E-state index in [1.54, 1.807) is 6.92 Å². The molecule has 0 radical (unpaired) electrons. The topological polar surface area (TPSA) is 78.9 Å². The Labute approximate surface area is 119 Å². The average molecular weight is 288 g/mol. The van der Waals surface area contributed by atoms with Crippen LogP contribution in [-0.2, 0) is 28.6 Å². The molecule has 0 aliphatic carbocycles. The summed E-state index contributed by atoms with van der Waals surface area (Å²) in [5.41, 5.74) is -1.34. The van der Waals surface area contributed by atoms with Crippen LogP contribution in [0.3, 0.4) is 0 Å². The molecule has 0 saturated carbocycles. The minimum Gasteiger partial charge on any atom is -0.465 e. The molecule has 1 unspecified atom stereocenters. The summed E-state index contributed by atoms with van der Waals surface area (Å²) < 4.78 is 14.8. The molecule has 0 aromatic rings. The van der Waals surface area contributed by atoms with E-state index < -0.39 is 17.4 Å². The Morgan fingerprint density at radius 1 is 1.10 bits per heavy atom. The van der Waals surface area contributed by atoms with Gasteiger partial charge < -0.3 is 14.2 Å². The van der Waals surface area contributed by atoms with Crippen molar-refractivity contribution in [1.29, 1.82) is 0 Å². The van der Waals surface area contributed by atoms with Gasteiger partial charge in [0.15, 0.2) is 6.79 Å². The molecule has 20 heavy (non-hydrogen) atoms. The van der Waals surface area contributed by atoms with Gasteiger partial charge in [0, 0.05) is 6.92 Å². The molecule has 0 aliphatic rings. The van der Waals surface area contributed by atoms with Crippen LogP contribution in [0.5, 0.6) is 0 Å². The molecule has 0 amide bonds. The molecule has 0 heterocycles. The van der Waals surface area contributed by atoms with Crippen molar-refractivity contribution in [2.75, 3.05) is 20.0 Å². The van der Waals surface area contributed by atoms with Gasteiger partial charge in [-0.05, 0) is 26.2 Å². The number of ketones is 1. The Balaban J connectivity index is 4.94. The fraction of sp³-hybridized carbons (Fsp3) is 0.786. The van der Waals surface area contributed by atoms with Gasteiger partial charge in [-0.15, -0.1) is 0 Å². The maximum absolute atomic E-state index is 12.1. The largest absolute Gasteiger partial charge is 0.465 e. The lowest BCUT2D eigenvalue weighted by Crippen LogP contribution is -2.45. The Morgan fingerprint density at radius 2 is 1.70 bits per heavy atom. The summed E-state index contributed by atoms with van der Waals surface area (Å²) >= 11 is 0. The first-order chi connectivity index (χ1) is 9.26. The van der Waals surface area contributed by atoms with E-state index >= 15 is 0 Å². The van der Waals surface area contributed by atoms with Gasteiger partial charge in [-0.1, -0.05) is 13.8 Å². The minimum atomic E-state index is -1.34. The molecule has 0 aliphatic heterocycles. The van der Waals surface area contributed by atoms with Crippen molar-refractivity contribution in [2.24, 2.45) is 11.3 Å². The number of hydrogen-bond acceptors (Lipinski definition) is 6. The van der Waals surface area contributed by atoms with E-state index in [9.17, 15) is 14.4 Å². The van der Waals surface area contributed by atoms with E-state index in [1.807, 2.05) is 13.8 Å². The summed E-state index contributed by atoms with van der Waals surface area (Å²) in [6.07, 6.45) is 0.321. The van der Waals surface area contributed by atoms with Crippen LogP contribution in [0, 0.1) is 11.3 Å². The van der Waals surface area contributed by atoms with E-state index in [0.29, 0.717) is 6.42 Å². The fourth-order valence-electron chi connectivity index (χ4n) is 1.90. The lowest BCUT2D eigenvalue weighted by molar-refractivity contribution is -0.172. The average Bonchev–Trinajstić information content (AvgIpc) is 2.32. The van der Waals surface area contributed by atoms with Crippen molar-refractivity contribution in [1.82, 2.24) is 0 Å². The van der Waals surface area contributed by atoms with Gasteiger partial charge in [-0.2, -0.15) is 0 Å². The van der Waals surface area contributed by atoms with Crippen LogP contribution in [0.15, 0.2) is 0 Å². The maximum Gasteiger partial charge on any atom is 0.322 e. The van der Waals surface area contributed by atoms with Crippen molar-refractivity contribution < 1.29 is 28.6 Å². The SMILES string of the molecule is CCOC(=O)C(COCOC(C)=O)(CC(C)C)C(C)=O. The Kier molecular flexibility index (Phi) is 8.06. The predicted octanol–water partition coefficient (Wildman–Crippen LogP) is 1.71. The van der Waals surface area contributed by atoms with Crippen LogP contribution >= 0.6 is 0 Å². The molecule has 6 heteroatoms. The monoisotopic (exact) mass is 288 g/mol. The second-order valence-corrected chi connectivity index (χ2v) is 5.06. The van der Waals surface area contributed by atoms with Crippen LogP contribution in [0.4, 0.5) is 0 Å². The first kappa shape index (κ1) is 18.6. The molecule has 1 atom stereocenters. The quantitative estimate of drug-likeness (QED) is 0.278. The highest BCUT2D eigenvalue weighted by molar-refractivity contribution is 6.02. The van der Waals surface area contributed by atoms with Crippen LogP contribution in [-0.4, -0.2) is 37.7 Å². The van der Waals surface area contributed by atoms with Gasteiger partial charge in [0.1, 0.15) is 11.2 Å². The third kappa shape index (κ3) is 5.69. The van der Waals surface area contributed by atoms with Gasteiger partial charge in [0.2, 0.25) is 0 Å². The molecule has 0 saturated heterocycles. The number of hydrogen-bond donors (Lipinski definition) is 0. The zero-order chi connectivity index (χ0) is 15.8. The second kappa shape index (κ2) is 8.68. The molecule has 0 N–H and O–H groups in total. The van der Waals surface area contributed by atoms with Crippen molar-refractivity contribution in [2.45, 2.75) is 41.0 Å². The molecule has 0 aromatic carbocycles. The number of carbonyl (C=O) groups excluding carboxylic acids is 3. The first-order valence-electron chi connectivity index (χ1n) is 6.65. The van der Waals surface area contributed by atoms with E-state index in [-0.39, 0.29) is 31.7 Å². The molecular weight excluding hydrogens is 264 g/mol. The number of esters is 2. The highest BCUT2D eigenvalue weighted by atomic mass is 16.7. The minimum absolute atomic E-state index is 0.112. The number of ether oxygens (including phenoxy) is 3. The normalized spacial score (nSPS) is 13.7. The van der Waals surface area contributed by atoms with Crippen LogP contribution in [0.25, 0.3) is 0 Å². The molecular formula is C14H24O6. The van der Waals surface area contributed by atoms with Gasteiger partial charge >= 0.3 is 11.9 Å². The van der Waals surface area contributed by atoms with E-state index in [1.165, 1.54) is 13.8 Å². The highest BCUT2D eigenvalue weighted by Gasteiger charge is 2.45. The second-order valence-electron chi connectivity index (χ2n) is 5.06. The molecule has 0 spiro atoms. The van der Waals surface area contributed by atoms with Gasteiger partial charge in [0.25, 0.3) is 0 Å². The number of Topliss-reactive ketones (excluding diaryl/α,β-unsaturated/α-hetero) is 1. The number of carbonyl (C=O) groups is 3. The van der Waals surface area contributed by atoms with Crippen molar-refractivity contribution in [3.63, 3.8) is 0 Å². The highest BCUT2D eigenvalue weighted by Crippen LogP contribution is 2.30. The number of rotatable bonds is 9. The molecule has 6 nitrogen and oxygen atoms in total. The molecule has 116 valence electrons. The summed E-state index contributed by atoms with van der Waals surface area (Å²) in [6, 6.07) is 0. The predicted molar refractivity (Wildman–Crippen MR) is 71.8 cm³/mol. The summed E-state index contributed by atoms with van der Waals surface area (Å²) in [7, 11) is 0. The summed E-state index contributed by atoms with van der Waals surface area (Å²) in [5, 5.41) is 0. The molecule has 0 bridgehead atoms. The van der Waals surface area contributed by atoms with Crippen LogP contribution < -0.4 is 0 Å². The van der Waals surface area contributed by atoms with Gasteiger partial charge in [-0.25, -0.2) is 0 Å². The molecule has 0 aromatic heterocycles. The van der Waals surface area contributed by atoms with Crippen molar-refractivity contribution >= 4 is 17.7 Å². The summed E-state index contributed by atoms with van der Waals surface area (Å²) in [6.45, 7) is 7.82. The maximum atomic E-state index is 12.1. The zero-order valence-corrected chi connectivity index (χ0v) is 12.9. The van der Waals surface area contributed by atoms with Gasteiger partial charge in [0.05, 0.1) is 13.2 Å². The van der Waals surface area contributed by atoms with Crippen molar-refractivity contribution in [3.05, 3.63) is 0 Å². The first-order valence-corrected chi connectivity index (χ1v) is 6.65. The van der Waals surface area contributed by atoms with E-state index in [2.05, 4.69) is 4.74 Å². The fourth-order valence-corrected chi connectivity index (χ4v) is 1.90. The Morgan fingerprint density at radius 3 is 2.10 bits per heavy atom. The van der Waals surface area contributed by atoms with E-state index in [0.717, 1.165) is 0 Å². The smallest absolute Gasteiger partial charge is 0.322 e. The van der Waals surface area contributed by atoms with Crippen LogP contribution in [0.1, 0.15) is 41.0 Å². The third-order valence-electron chi connectivity index (χ3n) is 2.79. The van der Waals surface area contributed by atoms with E-state index in [4.69, 9.17) is 9.47 Å². The zero-order valence-electron chi connectivity index (χ0n) is 12.9. The lowest BCUT2D eigenvalue weighted by Gasteiger charge is -2.30. The van der Waals surface area contributed by atoms with Gasteiger partial charge in [-0.3, -0.25) is 14.4 Å².